The van der Waals surface area contributed by atoms with Crippen LogP contribution in [-0.2, 0) is 24.2 Å². The van der Waals surface area contributed by atoms with E-state index in [1.165, 1.54) is 31.2 Å². The zero-order valence-electron chi connectivity index (χ0n) is 13.1. The molecule has 0 aliphatic heterocycles. The number of hydrogen-bond acceptors (Lipinski definition) is 3. The highest BCUT2D eigenvalue weighted by molar-refractivity contribution is 7.85. The van der Waals surface area contributed by atoms with Gasteiger partial charge in [0.05, 0.1) is 4.88 Å². The molecular weight excluding hydrogens is 359 g/mol. The standard InChI is InChI=1S/C15H18F3N3OS2/c1-21-13(15(16,17)18)8-11(20-21)12-6-7-14(23-12)24(22)19-9-10-4-2-3-5-10/h6-8,10,19H,2-5,9H2,1H3. The van der Waals surface area contributed by atoms with Crippen LogP contribution in [0.3, 0.4) is 0 Å². The van der Waals surface area contributed by atoms with Crippen LogP contribution < -0.4 is 4.72 Å². The number of rotatable bonds is 5. The molecule has 2 aromatic rings. The van der Waals surface area contributed by atoms with E-state index in [2.05, 4.69) is 9.82 Å². The Morgan fingerprint density at radius 3 is 2.71 bits per heavy atom. The highest BCUT2D eigenvalue weighted by Gasteiger charge is 2.35. The van der Waals surface area contributed by atoms with E-state index in [0.29, 0.717) is 21.5 Å². The van der Waals surface area contributed by atoms with Gasteiger partial charge in [0.25, 0.3) is 0 Å². The van der Waals surface area contributed by atoms with E-state index in [0.717, 1.165) is 23.6 Å². The molecule has 0 amide bonds. The minimum atomic E-state index is -4.44. The van der Waals surface area contributed by atoms with E-state index in [1.54, 1.807) is 12.1 Å². The summed E-state index contributed by atoms with van der Waals surface area (Å²) in [6, 6.07) is 4.36. The van der Waals surface area contributed by atoms with Gasteiger partial charge in [0.15, 0.2) is 0 Å². The maximum Gasteiger partial charge on any atom is 0.433 e. The lowest BCUT2D eigenvalue weighted by molar-refractivity contribution is -0.143. The van der Waals surface area contributed by atoms with Crippen LogP contribution in [0.1, 0.15) is 31.4 Å². The van der Waals surface area contributed by atoms with E-state index >= 15 is 0 Å². The third kappa shape index (κ3) is 3.89. The number of hydrogen-bond donors (Lipinski definition) is 1. The van der Waals surface area contributed by atoms with Crippen LogP contribution in [0.15, 0.2) is 22.4 Å². The third-order valence-corrected chi connectivity index (χ3v) is 6.70. The molecule has 0 aromatic carbocycles. The summed E-state index contributed by atoms with van der Waals surface area (Å²) in [6.45, 7) is 0.710. The second-order valence-electron chi connectivity index (χ2n) is 5.92. The number of nitrogens with zero attached hydrogens (tertiary/aromatic N) is 2. The van der Waals surface area contributed by atoms with Crippen molar-refractivity contribution < 1.29 is 17.4 Å². The first-order chi connectivity index (χ1) is 11.3. The average molecular weight is 377 g/mol. The van der Waals surface area contributed by atoms with Crippen molar-refractivity contribution in [3.8, 4) is 10.6 Å². The zero-order chi connectivity index (χ0) is 17.3. The summed E-state index contributed by atoms with van der Waals surface area (Å²) in [4.78, 5) is 0.576. The molecule has 0 bridgehead atoms. The van der Waals surface area contributed by atoms with Gasteiger partial charge in [-0.05, 0) is 37.0 Å². The van der Waals surface area contributed by atoms with Crippen molar-refractivity contribution in [2.45, 2.75) is 36.1 Å². The lowest BCUT2D eigenvalue weighted by atomic mass is 10.1. The van der Waals surface area contributed by atoms with Gasteiger partial charge in [0, 0.05) is 13.6 Å². The highest BCUT2D eigenvalue weighted by atomic mass is 32.2. The van der Waals surface area contributed by atoms with Crippen molar-refractivity contribution in [3.63, 3.8) is 0 Å². The van der Waals surface area contributed by atoms with E-state index in [4.69, 9.17) is 0 Å². The van der Waals surface area contributed by atoms with Crippen molar-refractivity contribution in [2.24, 2.45) is 13.0 Å². The summed E-state index contributed by atoms with van der Waals surface area (Å²) in [5, 5.41) is 3.92. The maximum absolute atomic E-state index is 12.8. The lowest BCUT2D eigenvalue weighted by Crippen LogP contribution is -2.23. The first-order valence-corrected chi connectivity index (χ1v) is 9.68. The van der Waals surface area contributed by atoms with Gasteiger partial charge in [-0.15, -0.1) is 11.3 Å². The maximum atomic E-state index is 12.8. The summed E-state index contributed by atoms with van der Waals surface area (Å²) >= 11 is 1.20. The van der Waals surface area contributed by atoms with Gasteiger partial charge >= 0.3 is 6.18 Å². The fourth-order valence-electron chi connectivity index (χ4n) is 2.89. The number of aryl methyl sites for hydroxylation is 1. The number of aromatic nitrogens is 2. The lowest BCUT2D eigenvalue weighted by Gasteiger charge is -2.08. The van der Waals surface area contributed by atoms with E-state index in [-0.39, 0.29) is 5.69 Å². The van der Waals surface area contributed by atoms with E-state index in [9.17, 15) is 17.4 Å². The molecule has 0 saturated heterocycles. The molecule has 1 aliphatic carbocycles. The van der Waals surface area contributed by atoms with Gasteiger partial charge in [-0.3, -0.25) is 4.68 Å². The number of alkyl halides is 3. The Kier molecular flexibility index (Phi) is 5.12. The predicted octanol–water partition coefficient (Wildman–Crippen LogP) is 3.97. The summed E-state index contributed by atoms with van der Waals surface area (Å²) in [6.07, 6.45) is 0.334. The second-order valence-corrected chi connectivity index (χ2v) is 8.53. The fourth-order valence-corrected chi connectivity index (χ4v) is 5.05. The van der Waals surface area contributed by atoms with Crippen LogP contribution in [0.2, 0.25) is 0 Å². The Morgan fingerprint density at radius 2 is 2.08 bits per heavy atom. The molecule has 132 valence electrons. The van der Waals surface area contributed by atoms with Crippen LogP contribution in [0.5, 0.6) is 0 Å². The number of thiophene rings is 1. The van der Waals surface area contributed by atoms with Crippen molar-refractivity contribution >= 4 is 22.3 Å². The molecule has 0 radical (unpaired) electrons. The van der Waals surface area contributed by atoms with Gasteiger partial charge in [-0.1, -0.05) is 12.8 Å². The molecule has 2 aromatic heterocycles. The van der Waals surface area contributed by atoms with Gasteiger partial charge in [-0.2, -0.15) is 18.3 Å². The largest absolute Gasteiger partial charge is 0.433 e. The van der Waals surface area contributed by atoms with Crippen molar-refractivity contribution in [2.75, 3.05) is 6.54 Å². The van der Waals surface area contributed by atoms with Gasteiger partial charge < -0.3 is 0 Å². The number of nitrogens with one attached hydrogen (secondary N) is 1. The van der Waals surface area contributed by atoms with E-state index < -0.39 is 22.9 Å². The number of halogens is 3. The molecular formula is C15H18F3N3OS2. The van der Waals surface area contributed by atoms with Crippen molar-refractivity contribution in [3.05, 3.63) is 23.9 Å². The molecule has 1 atom stereocenters. The minimum Gasteiger partial charge on any atom is -0.263 e. The van der Waals surface area contributed by atoms with Crippen molar-refractivity contribution in [1.29, 1.82) is 0 Å². The Labute approximate surface area is 144 Å². The highest BCUT2D eigenvalue weighted by Crippen LogP contribution is 2.34. The van der Waals surface area contributed by atoms with Crippen LogP contribution in [-0.4, -0.2) is 20.5 Å². The Bertz CT molecular complexity index is 733. The molecule has 3 rings (SSSR count). The monoisotopic (exact) mass is 377 g/mol. The molecule has 4 nitrogen and oxygen atoms in total. The Morgan fingerprint density at radius 1 is 1.38 bits per heavy atom. The molecule has 2 heterocycles. The van der Waals surface area contributed by atoms with Gasteiger partial charge in [-0.25, -0.2) is 8.93 Å². The summed E-state index contributed by atoms with van der Waals surface area (Å²) in [5.41, 5.74) is -0.554. The van der Waals surface area contributed by atoms with E-state index in [1.807, 2.05) is 0 Å². The Hall–Kier alpha value is -1.19. The third-order valence-electron chi connectivity index (χ3n) is 4.16. The zero-order valence-corrected chi connectivity index (χ0v) is 14.7. The SMILES string of the molecule is Cn1nc(-c2ccc(S(=O)NCC3CCCC3)s2)cc1C(F)(F)F. The molecule has 9 heteroatoms. The van der Waals surface area contributed by atoms with Crippen LogP contribution >= 0.6 is 11.3 Å². The molecule has 1 fully saturated rings. The predicted molar refractivity (Wildman–Crippen MR) is 87.9 cm³/mol. The minimum absolute atomic E-state index is 0.244. The quantitative estimate of drug-likeness (QED) is 0.857. The molecule has 0 spiro atoms. The second kappa shape index (κ2) is 6.97. The Balaban J connectivity index is 1.70. The summed E-state index contributed by atoms with van der Waals surface area (Å²) in [5.74, 6) is 0.568. The normalized spacial score (nSPS) is 17.5. The summed E-state index contributed by atoms with van der Waals surface area (Å²) < 4.78 is 55.3. The average Bonchev–Trinajstić information content (AvgIpc) is 3.23. The summed E-state index contributed by atoms with van der Waals surface area (Å²) in [7, 11) is -0.0703. The van der Waals surface area contributed by atoms with Gasteiger partial charge in [0.1, 0.15) is 26.6 Å². The first kappa shape index (κ1) is 17.6. The molecule has 1 aliphatic rings. The van der Waals surface area contributed by atoms with Crippen molar-refractivity contribution in [1.82, 2.24) is 14.5 Å². The smallest absolute Gasteiger partial charge is 0.263 e. The molecule has 1 unspecified atom stereocenters. The van der Waals surface area contributed by atoms with Gasteiger partial charge in [0.2, 0.25) is 0 Å². The van der Waals surface area contributed by atoms with Crippen LogP contribution in [0.25, 0.3) is 10.6 Å². The topological polar surface area (TPSA) is 46.9 Å². The molecule has 24 heavy (non-hydrogen) atoms. The van der Waals surface area contributed by atoms with Crippen LogP contribution in [0.4, 0.5) is 13.2 Å². The fraction of sp³-hybridized carbons (Fsp3) is 0.533. The molecule has 1 saturated carbocycles. The molecule has 1 N–H and O–H groups in total. The van der Waals surface area contributed by atoms with Crippen LogP contribution in [0, 0.1) is 5.92 Å². The first-order valence-electron chi connectivity index (χ1n) is 7.71.